The van der Waals surface area contributed by atoms with Crippen LogP contribution in [0.1, 0.15) is 5.56 Å². The van der Waals surface area contributed by atoms with E-state index in [4.69, 9.17) is 5.73 Å². The maximum atomic E-state index is 5.51. The molecule has 4 nitrogen and oxygen atoms in total. The number of hydrogen-bond donors (Lipinski definition) is 2. The molecule has 0 saturated heterocycles. The van der Waals surface area contributed by atoms with Crippen LogP contribution in [0.4, 0.5) is 17.3 Å². The first-order chi connectivity index (χ1) is 7.65. The highest BCUT2D eigenvalue weighted by atomic mass is 79.9. The van der Waals surface area contributed by atoms with Crippen molar-refractivity contribution in [3.05, 3.63) is 40.6 Å². The molecule has 2 rings (SSSR count). The van der Waals surface area contributed by atoms with Gasteiger partial charge in [-0.15, -0.1) is 0 Å². The zero-order chi connectivity index (χ0) is 11.5. The summed E-state index contributed by atoms with van der Waals surface area (Å²) in [6.45, 7) is 2.02. The van der Waals surface area contributed by atoms with Gasteiger partial charge in [-0.1, -0.05) is 22.0 Å². The Hall–Kier alpha value is -1.62. The van der Waals surface area contributed by atoms with Gasteiger partial charge >= 0.3 is 0 Å². The summed E-state index contributed by atoms with van der Waals surface area (Å²) in [5.41, 5.74) is 8.17. The van der Waals surface area contributed by atoms with Crippen molar-refractivity contribution in [3.63, 3.8) is 0 Å². The standard InChI is InChI=1S/C11H11BrN4/c1-7-2-3-8(12)4-10(7)16-11-14-5-9(13)6-15-11/h2-6H,13H2,1H3,(H,14,15,16). The first-order valence-electron chi connectivity index (χ1n) is 4.76. The van der Waals surface area contributed by atoms with Crippen LogP contribution in [0, 0.1) is 6.92 Å². The van der Waals surface area contributed by atoms with Gasteiger partial charge in [0.25, 0.3) is 0 Å². The normalized spacial score (nSPS) is 10.1. The summed E-state index contributed by atoms with van der Waals surface area (Å²) in [6, 6.07) is 5.99. The quantitative estimate of drug-likeness (QED) is 0.887. The van der Waals surface area contributed by atoms with E-state index in [0.717, 1.165) is 15.7 Å². The van der Waals surface area contributed by atoms with E-state index in [2.05, 4.69) is 31.2 Å². The van der Waals surface area contributed by atoms with Crippen molar-refractivity contribution in [2.75, 3.05) is 11.1 Å². The lowest BCUT2D eigenvalue weighted by Crippen LogP contribution is -1.99. The molecule has 3 N–H and O–H groups in total. The summed E-state index contributed by atoms with van der Waals surface area (Å²) in [6.07, 6.45) is 3.14. The van der Waals surface area contributed by atoms with E-state index >= 15 is 0 Å². The number of aryl methyl sites for hydroxylation is 1. The van der Waals surface area contributed by atoms with E-state index < -0.39 is 0 Å². The van der Waals surface area contributed by atoms with Gasteiger partial charge in [-0.25, -0.2) is 9.97 Å². The van der Waals surface area contributed by atoms with Gasteiger partial charge in [0.05, 0.1) is 18.1 Å². The van der Waals surface area contributed by atoms with Crippen LogP contribution in [0.3, 0.4) is 0 Å². The first-order valence-corrected chi connectivity index (χ1v) is 5.55. The summed E-state index contributed by atoms with van der Waals surface area (Å²) in [4.78, 5) is 8.16. The van der Waals surface area contributed by atoms with Crippen LogP contribution in [0.15, 0.2) is 35.1 Å². The second kappa shape index (κ2) is 4.49. The van der Waals surface area contributed by atoms with Crippen LogP contribution >= 0.6 is 15.9 Å². The van der Waals surface area contributed by atoms with Crippen molar-refractivity contribution < 1.29 is 0 Å². The van der Waals surface area contributed by atoms with Gasteiger partial charge in [-0.05, 0) is 24.6 Å². The smallest absolute Gasteiger partial charge is 0.227 e. The lowest BCUT2D eigenvalue weighted by Gasteiger charge is -2.08. The average molecular weight is 279 g/mol. The lowest BCUT2D eigenvalue weighted by molar-refractivity contribution is 1.17. The van der Waals surface area contributed by atoms with Crippen molar-refractivity contribution in [1.82, 2.24) is 9.97 Å². The maximum Gasteiger partial charge on any atom is 0.227 e. The zero-order valence-corrected chi connectivity index (χ0v) is 10.3. The highest BCUT2D eigenvalue weighted by molar-refractivity contribution is 9.10. The number of nitrogens with zero attached hydrogens (tertiary/aromatic N) is 2. The fourth-order valence-corrected chi connectivity index (χ4v) is 1.61. The Labute approximate surface area is 102 Å². The van der Waals surface area contributed by atoms with Crippen molar-refractivity contribution in [3.8, 4) is 0 Å². The molecule has 0 fully saturated rings. The molecule has 0 amide bonds. The molecule has 0 aliphatic heterocycles. The van der Waals surface area contributed by atoms with Crippen molar-refractivity contribution in [2.45, 2.75) is 6.92 Å². The summed E-state index contributed by atoms with van der Waals surface area (Å²) < 4.78 is 1.01. The Morgan fingerprint density at radius 2 is 1.94 bits per heavy atom. The Balaban J connectivity index is 2.26. The molecular weight excluding hydrogens is 268 g/mol. The molecular formula is C11H11BrN4. The third-order valence-electron chi connectivity index (χ3n) is 2.12. The number of nitrogen functional groups attached to an aromatic ring is 1. The average Bonchev–Trinajstić information content (AvgIpc) is 2.27. The molecule has 0 spiro atoms. The predicted octanol–water partition coefficient (Wildman–Crippen LogP) is 2.87. The van der Waals surface area contributed by atoms with E-state index in [1.165, 1.54) is 0 Å². The van der Waals surface area contributed by atoms with Crippen LogP contribution in [0.25, 0.3) is 0 Å². The maximum absolute atomic E-state index is 5.51. The van der Waals surface area contributed by atoms with Gasteiger partial charge in [-0.3, -0.25) is 0 Å². The molecule has 16 heavy (non-hydrogen) atoms. The molecule has 0 unspecified atom stereocenters. The van der Waals surface area contributed by atoms with E-state index in [9.17, 15) is 0 Å². The Morgan fingerprint density at radius 1 is 1.25 bits per heavy atom. The number of benzene rings is 1. The number of nitrogens with one attached hydrogen (secondary N) is 1. The van der Waals surface area contributed by atoms with Crippen molar-refractivity contribution >= 4 is 33.3 Å². The molecule has 0 atom stereocenters. The van der Waals surface area contributed by atoms with Gasteiger partial charge in [0.15, 0.2) is 0 Å². The molecule has 1 aromatic carbocycles. The lowest BCUT2D eigenvalue weighted by atomic mass is 10.2. The number of halogens is 1. The SMILES string of the molecule is Cc1ccc(Br)cc1Nc1ncc(N)cn1. The van der Waals surface area contributed by atoms with Crippen molar-refractivity contribution in [1.29, 1.82) is 0 Å². The molecule has 5 heteroatoms. The van der Waals surface area contributed by atoms with Gasteiger partial charge in [0.1, 0.15) is 0 Å². The molecule has 1 aromatic heterocycles. The summed E-state index contributed by atoms with van der Waals surface area (Å²) in [5, 5.41) is 3.13. The highest BCUT2D eigenvalue weighted by Crippen LogP contribution is 2.22. The van der Waals surface area contributed by atoms with Gasteiger partial charge < -0.3 is 11.1 Å². The third-order valence-corrected chi connectivity index (χ3v) is 2.61. The largest absolute Gasteiger partial charge is 0.396 e. The fourth-order valence-electron chi connectivity index (χ4n) is 1.25. The molecule has 0 bridgehead atoms. The minimum absolute atomic E-state index is 0.537. The molecule has 1 heterocycles. The highest BCUT2D eigenvalue weighted by Gasteiger charge is 2.01. The first kappa shape index (κ1) is 10.9. The molecule has 2 aromatic rings. The minimum Gasteiger partial charge on any atom is -0.396 e. The molecule has 0 saturated carbocycles. The van der Waals surface area contributed by atoms with Gasteiger partial charge in [0, 0.05) is 10.2 Å². The van der Waals surface area contributed by atoms with Crippen LogP contribution in [0.5, 0.6) is 0 Å². The van der Waals surface area contributed by atoms with Gasteiger partial charge in [0.2, 0.25) is 5.95 Å². The topological polar surface area (TPSA) is 63.8 Å². The molecule has 0 aliphatic carbocycles. The van der Waals surface area contributed by atoms with Gasteiger partial charge in [-0.2, -0.15) is 0 Å². The summed E-state index contributed by atoms with van der Waals surface area (Å²) in [5.74, 6) is 0.537. The number of nitrogens with two attached hydrogens (primary N) is 1. The Bertz CT molecular complexity index is 496. The Kier molecular flexibility index (Phi) is 3.05. The van der Waals surface area contributed by atoms with Crippen molar-refractivity contribution in [2.24, 2.45) is 0 Å². The van der Waals surface area contributed by atoms with E-state index in [1.807, 2.05) is 25.1 Å². The molecule has 82 valence electrons. The van der Waals surface area contributed by atoms with E-state index in [-0.39, 0.29) is 0 Å². The fraction of sp³-hybridized carbons (Fsp3) is 0.0909. The van der Waals surface area contributed by atoms with Crippen LogP contribution < -0.4 is 11.1 Å². The second-order valence-corrected chi connectivity index (χ2v) is 4.34. The molecule has 0 aliphatic rings. The molecule has 0 radical (unpaired) electrons. The summed E-state index contributed by atoms with van der Waals surface area (Å²) in [7, 11) is 0. The zero-order valence-electron chi connectivity index (χ0n) is 8.74. The second-order valence-electron chi connectivity index (χ2n) is 3.42. The number of hydrogen-bond acceptors (Lipinski definition) is 4. The minimum atomic E-state index is 0.537. The third kappa shape index (κ3) is 2.49. The van der Waals surface area contributed by atoms with Crippen LogP contribution in [-0.2, 0) is 0 Å². The number of aromatic nitrogens is 2. The van der Waals surface area contributed by atoms with E-state index in [0.29, 0.717) is 11.6 Å². The Morgan fingerprint density at radius 3 is 2.62 bits per heavy atom. The van der Waals surface area contributed by atoms with Crippen LogP contribution in [0.2, 0.25) is 0 Å². The van der Waals surface area contributed by atoms with Crippen LogP contribution in [-0.4, -0.2) is 9.97 Å². The number of rotatable bonds is 2. The number of anilines is 3. The van der Waals surface area contributed by atoms with E-state index in [1.54, 1.807) is 12.4 Å². The monoisotopic (exact) mass is 278 g/mol. The predicted molar refractivity (Wildman–Crippen MR) is 68.6 cm³/mol. The summed E-state index contributed by atoms with van der Waals surface area (Å²) >= 11 is 3.42.